The van der Waals surface area contributed by atoms with Crippen molar-refractivity contribution in [2.45, 2.75) is 26.7 Å². The molecule has 2 nitrogen and oxygen atoms in total. The number of carbonyl (C=O) groups is 2. The fourth-order valence-electron chi connectivity index (χ4n) is 1.41. The molecule has 1 atom stereocenters. The molecule has 60 valence electrons. The molecule has 0 amide bonds. The second-order valence-electron chi connectivity index (χ2n) is 3.16. The molecule has 0 N–H and O–H groups in total. The Balaban J connectivity index is 2.57. The van der Waals surface area contributed by atoms with Gasteiger partial charge in [0.1, 0.15) is 5.78 Å². The van der Waals surface area contributed by atoms with Gasteiger partial charge in [-0.25, -0.2) is 0 Å². The van der Waals surface area contributed by atoms with Crippen LogP contribution in [0.15, 0.2) is 11.6 Å². The lowest BCUT2D eigenvalue weighted by molar-refractivity contribution is -0.118. The highest BCUT2D eigenvalue weighted by Crippen LogP contribution is 2.25. The average molecular weight is 152 g/mol. The van der Waals surface area contributed by atoms with Crippen LogP contribution in [0.3, 0.4) is 0 Å². The van der Waals surface area contributed by atoms with Gasteiger partial charge in [0, 0.05) is 12.8 Å². The summed E-state index contributed by atoms with van der Waals surface area (Å²) in [6, 6.07) is 0. The Morgan fingerprint density at radius 3 is 2.73 bits per heavy atom. The van der Waals surface area contributed by atoms with Crippen molar-refractivity contribution in [2.24, 2.45) is 5.92 Å². The molecule has 1 rings (SSSR count). The molecule has 0 spiro atoms. The quantitative estimate of drug-likeness (QED) is 0.601. The normalized spacial score (nSPS) is 23.6. The topological polar surface area (TPSA) is 34.1 Å². The van der Waals surface area contributed by atoms with Crippen LogP contribution in [-0.4, -0.2) is 11.6 Å². The molecule has 1 aliphatic carbocycles. The fourth-order valence-corrected chi connectivity index (χ4v) is 1.41. The van der Waals surface area contributed by atoms with E-state index < -0.39 is 0 Å². The fraction of sp³-hybridized carbons (Fsp3) is 0.556. The summed E-state index contributed by atoms with van der Waals surface area (Å²) in [5, 5.41) is 0. The first-order chi connectivity index (χ1) is 5.09. The zero-order chi connectivity index (χ0) is 8.43. The Morgan fingerprint density at radius 2 is 2.36 bits per heavy atom. The van der Waals surface area contributed by atoms with E-state index in [2.05, 4.69) is 0 Å². The number of hydrogen-bond donors (Lipinski definition) is 0. The van der Waals surface area contributed by atoms with Crippen LogP contribution < -0.4 is 0 Å². The monoisotopic (exact) mass is 152 g/mol. The molecule has 0 aliphatic heterocycles. The van der Waals surface area contributed by atoms with Crippen LogP contribution in [0.5, 0.6) is 0 Å². The number of hydrogen-bond acceptors (Lipinski definition) is 2. The zero-order valence-corrected chi connectivity index (χ0v) is 6.89. The lowest BCUT2D eigenvalue weighted by Gasteiger charge is -2.06. The standard InChI is InChI=1S/C9H12O2/c1-6-3-9(11)5-8(6)4-7(2)10/h3,8H,4-5H2,1-2H3/t8-/m1/s1. The van der Waals surface area contributed by atoms with Crippen LogP contribution in [0.4, 0.5) is 0 Å². The highest BCUT2D eigenvalue weighted by molar-refractivity contribution is 5.94. The molecule has 0 saturated carbocycles. The molecule has 2 heteroatoms. The van der Waals surface area contributed by atoms with Crippen LogP contribution in [0.1, 0.15) is 26.7 Å². The van der Waals surface area contributed by atoms with Crippen LogP contribution in [0.2, 0.25) is 0 Å². The van der Waals surface area contributed by atoms with E-state index in [4.69, 9.17) is 0 Å². The van der Waals surface area contributed by atoms with E-state index >= 15 is 0 Å². The maximum atomic E-state index is 10.9. The van der Waals surface area contributed by atoms with E-state index in [1.165, 1.54) is 0 Å². The van der Waals surface area contributed by atoms with Crippen molar-refractivity contribution < 1.29 is 9.59 Å². The second-order valence-corrected chi connectivity index (χ2v) is 3.16. The third kappa shape index (κ3) is 2.00. The largest absolute Gasteiger partial charge is 0.300 e. The van der Waals surface area contributed by atoms with E-state index in [-0.39, 0.29) is 17.5 Å². The average Bonchev–Trinajstić information content (AvgIpc) is 2.09. The molecular weight excluding hydrogens is 140 g/mol. The second kappa shape index (κ2) is 2.99. The molecule has 0 aromatic heterocycles. The van der Waals surface area contributed by atoms with Crippen molar-refractivity contribution >= 4 is 11.6 Å². The van der Waals surface area contributed by atoms with Crippen molar-refractivity contribution in [1.82, 2.24) is 0 Å². The lowest BCUT2D eigenvalue weighted by atomic mass is 9.97. The Labute approximate surface area is 66.3 Å². The van der Waals surface area contributed by atoms with Crippen molar-refractivity contribution in [2.75, 3.05) is 0 Å². The van der Waals surface area contributed by atoms with Crippen molar-refractivity contribution in [3.05, 3.63) is 11.6 Å². The van der Waals surface area contributed by atoms with Gasteiger partial charge in [0.2, 0.25) is 0 Å². The molecule has 0 aromatic carbocycles. The highest BCUT2D eigenvalue weighted by Gasteiger charge is 2.22. The summed E-state index contributed by atoms with van der Waals surface area (Å²) in [5.41, 5.74) is 1.06. The minimum Gasteiger partial charge on any atom is -0.300 e. The number of Topliss-reactive ketones (excluding diaryl/α,β-unsaturated/α-hetero) is 1. The summed E-state index contributed by atoms with van der Waals surface area (Å²) in [7, 11) is 0. The minimum absolute atomic E-state index is 0.161. The van der Waals surface area contributed by atoms with Gasteiger partial charge in [-0.1, -0.05) is 5.57 Å². The SMILES string of the molecule is CC(=O)C[C@@H]1CC(=O)C=C1C. The maximum Gasteiger partial charge on any atom is 0.156 e. The van der Waals surface area contributed by atoms with Crippen molar-refractivity contribution in [3.8, 4) is 0 Å². The van der Waals surface area contributed by atoms with Crippen LogP contribution in [0.25, 0.3) is 0 Å². The molecule has 0 saturated heterocycles. The highest BCUT2D eigenvalue weighted by atomic mass is 16.1. The predicted octanol–water partition coefficient (Wildman–Crippen LogP) is 1.50. The minimum atomic E-state index is 0.161. The number of allylic oxidation sites excluding steroid dienone is 2. The summed E-state index contributed by atoms with van der Waals surface area (Å²) in [4.78, 5) is 21.6. The number of carbonyl (C=O) groups excluding carboxylic acids is 2. The molecule has 11 heavy (non-hydrogen) atoms. The van der Waals surface area contributed by atoms with E-state index in [0.717, 1.165) is 5.57 Å². The summed E-state index contributed by atoms with van der Waals surface area (Å²) in [6.07, 6.45) is 2.70. The van der Waals surface area contributed by atoms with Gasteiger partial charge in [0.25, 0.3) is 0 Å². The van der Waals surface area contributed by atoms with Crippen molar-refractivity contribution in [1.29, 1.82) is 0 Å². The molecule has 0 bridgehead atoms. The first-order valence-corrected chi connectivity index (χ1v) is 3.80. The summed E-state index contributed by atoms with van der Waals surface area (Å²) in [5.74, 6) is 0.520. The van der Waals surface area contributed by atoms with E-state index in [1.807, 2.05) is 6.92 Å². The first-order valence-electron chi connectivity index (χ1n) is 3.80. The Hall–Kier alpha value is -0.920. The molecule has 0 radical (unpaired) electrons. The van der Waals surface area contributed by atoms with Crippen molar-refractivity contribution in [3.63, 3.8) is 0 Å². The van der Waals surface area contributed by atoms with Crippen LogP contribution >= 0.6 is 0 Å². The molecule has 0 unspecified atom stereocenters. The Bertz CT molecular complexity index is 226. The van der Waals surface area contributed by atoms with Gasteiger partial charge < -0.3 is 4.79 Å². The van der Waals surface area contributed by atoms with Gasteiger partial charge in [-0.2, -0.15) is 0 Å². The van der Waals surface area contributed by atoms with Gasteiger partial charge in [-0.15, -0.1) is 0 Å². The van der Waals surface area contributed by atoms with Gasteiger partial charge >= 0.3 is 0 Å². The summed E-state index contributed by atoms with van der Waals surface area (Å²) in [6.45, 7) is 3.48. The maximum absolute atomic E-state index is 10.9. The molecule has 0 aromatic rings. The molecule has 1 aliphatic rings. The van der Waals surface area contributed by atoms with Gasteiger partial charge in [-0.05, 0) is 25.8 Å². The zero-order valence-electron chi connectivity index (χ0n) is 6.89. The van der Waals surface area contributed by atoms with E-state index in [0.29, 0.717) is 12.8 Å². The number of rotatable bonds is 2. The molecule has 0 fully saturated rings. The summed E-state index contributed by atoms with van der Waals surface area (Å²) >= 11 is 0. The predicted molar refractivity (Wildman–Crippen MR) is 42.2 cm³/mol. The van der Waals surface area contributed by atoms with Crippen LogP contribution in [0, 0.1) is 5.92 Å². The molecule has 0 heterocycles. The number of ketones is 2. The van der Waals surface area contributed by atoms with E-state index in [9.17, 15) is 9.59 Å². The third-order valence-corrected chi connectivity index (χ3v) is 2.01. The first kappa shape index (κ1) is 8.18. The van der Waals surface area contributed by atoms with Gasteiger partial charge in [0.15, 0.2) is 5.78 Å². The Kier molecular flexibility index (Phi) is 2.22. The smallest absolute Gasteiger partial charge is 0.156 e. The van der Waals surface area contributed by atoms with E-state index in [1.54, 1.807) is 13.0 Å². The Morgan fingerprint density at radius 1 is 1.73 bits per heavy atom. The third-order valence-electron chi connectivity index (χ3n) is 2.01. The molecular formula is C9H12O2. The van der Waals surface area contributed by atoms with Gasteiger partial charge in [-0.3, -0.25) is 4.79 Å². The van der Waals surface area contributed by atoms with Gasteiger partial charge in [0.05, 0.1) is 0 Å². The summed E-state index contributed by atoms with van der Waals surface area (Å²) < 4.78 is 0. The van der Waals surface area contributed by atoms with Crippen LogP contribution in [-0.2, 0) is 9.59 Å². The lowest BCUT2D eigenvalue weighted by Crippen LogP contribution is -2.04.